The number of anilines is 2. The predicted molar refractivity (Wildman–Crippen MR) is 122 cm³/mol. The van der Waals surface area contributed by atoms with Crippen LogP contribution in [0.2, 0.25) is 0 Å². The molecular weight excluding hydrogens is 449 g/mol. The van der Waals surface area contributed by atoms with Crippen LogP contribution in [0.1, 0.15) is 45.6 Å². The average molecular weight is 474 g/mol. The molecule has 1 aromatic heterocycles. The van der Waals surface area contributed by atoms with Crippen molar-refractivity contribution >= 4 is 17.4 Å². The first kappa shape index (κ1) is 23.5. The second kappa shape index (κ2) is 8.92. The third-order valence-corrected chi connectivity index (χ3v) is 5.92. The molecule has 0 unspecified atom stereocenters. The van der Waals surface area contributed by atoms with Gasteiger partial charge >= 0.3 is 6.18 Å². The maximum atomic E-state index is 14.0. The standard InChI is InChI=1S/C24H25F3N4O3/c1-13-5-7-17(14(2)9-13)30-23(32)16-12-28-31-21(24(25,26)27)11-18(29-22(16)31)15-6-8-19(33-3)20(10-15)34-4/h5-10,12,18,21,29H,11H2,1-4H3,(H,30,32)/t18-,21-/m1/s1. The van der Waals surface area contributed by atoms with Crippen molar-refractivity contribution < 1.29 is 27.4 Å². The summed E-state index contributed by atoms with van der Waals surface area (Å²) < 4.78 is 53.3. The molecule has 2 heterocycles. The van der Waals surface area contributed by atoms with Gasteiger partial charge in [0.2, 0.25) is 0 Å². The largest absolute Gasteiger partial charge is 0.493 e. The monoisotopic (exact) mass is 474 g/mol. The number of ether oxygens (including phenoxy) is 2. The molecule has 0 radical (unpaired) electrons. The lowest BCUT2D eigenvalue weighted by Gasteiger charge is -2.34. The van der Waals surface area contributed by atoms with Crippen molar-refractivity contribution in [1.29, 1.82) is 0 Å². The van der Waals surface area contributed by atoms with Gasteiger partial charge in [0, 0.05) is 12.1 Å². The molecule has 2 aromatic carbocycles. The number of benzene rings is 2. The molecule has 1 amide bonds. The van der Waals surface area contributed by atoms with Crippen LogP contribution in [-0.4, -0.2) is 36.1 Å². The molecule has 0 saturated carbocycles. The third kappa shape index (κ3) is 4.40. The minimum atomic E-state index is -4.56. The van der Waals surface area contributed by atoms with Gasteiger partial charge in [-0.3, -0.25) is 4.79 Å². The van der Waals surface area contributed by atoms with Gasteiger partial charge < -0.3 is 20.1 Å². The second-order valence-electron chi connectivity index (χ2n) is 8.23. The SMILES string of the molecule is COc1ccc([C@H]2C[C@H](C(F)(F)F)n3ncc(C(=O)Nc4ccc(C)cc4C)c3N2)cc1OC. The van der Waals surface area contributed by atoms with Crippen molar-refractivity contribution in [2.45, 2.75) is 38.5 Å². The molecule has 0 saturated heterocycles. The van der Waals surface area contributed by atoms with Gasteiger partial charge in [-0.1, -0.05) is 23.8 Å². The van der Waals surface area contributed by atoms with Crippen molar-refractivity contribution in [3.05, 3.63) is 64.8 Å². The summed E-state index contributed by atoms with van der Waals surface area (Å²) in [5.74, 6) is 0.329. The van der Waals surface area contributed by atoms with Crippen LogP contribution in [0.3, 0.4) is 0 Å². The predicted octanol–water partition coefficient (Wildman–Crippen LogP) is 5.43. The van der Waals surface area contributed by atoms with Gasteiger partial charge in [0.15, 0.2) is 17.5 Å². The number of methoxy groups -OCH3 is 2. The van der Waals surface area contributed by atoms with E-state index in [2.05, 4.69) is 15.7 Å². The Morgan fingerprint density at radius 3 is 2.50 bits per heavy atom. The zero-order valence-corrected chi connectivity index (χ0v) is 19.2. The van der Waals surface area contributed by atoms with Crippen molar-refractivity contribution in [1.82, 2.24) is 9.78 Å². The van der Waals surface area contributed by atoms with Crippen LogP contribution in [0.15, 0.2) is 42.6 Å². The van der Waals surface area contributed by atoms with Crippen LogP contribution in [0.25, 0.3) is 0 Å². The van der Waals surface area contributed by atoms with Crippen LogP contribution >= 0.6 is 0 Å². The Kier molecular flexibility index (Phi) is 6.16. The van der Waals surface area contributed by atoms with Gasteiger partial charge in [-0.05, 0) is 43.2 Å². The van der Waals surface area contributed by atoms with Crippen LogP contribution in [0.4, 0.5) is 24.7 Å². The number of fused-ring (bicyclic) bond motifs is 1. The topological polar surface area (TPSA) is 77.4 Å². The van der Waals surface area contributed by atoms with Gasteiger partial charge in [-0.25, -0.2) is 4.68 Å². The Morgan fingerprint density at radius 2 is 1.85 bits per heavy atom. The molecule has 1 aliphatic heterocycles. The molecule has 2 N–H and O–H groups in total. The van der Waals surface area contributed by atoms with Gasteiger partial charge in [0.25, 0.3) is 5.91 Å². The van der Waals surface area contributed by atoms with E-state index < -0.39 is 24.2 Å². The van der Waals surface area contributed by atoms with E-state index in [1.165, 1.54) is 14.2 Å². The molecule has 0 aliphatic carbocycles. The summed E-state index contributed by atoms with van der Waals surface area (Å²) in [6.07, 6.45) is -3.69. The number of alkyl halides is 3. The molecule has 0 spiro atoms. The zero-order chi connectivity index (χ0) is 24.6. The number of hydrogen-bond acceptors (Lipinski definition) is 5. The molecule has 3 aromatic rings. The minimum Gasteiger partial charge on any atom is -0.493 e. The molecule has 10 heteroatoms. The quantitative estimate of drug-likeness (QED) is 0.516. The summed E-state index contributed by atoms with van der Waals surface area (Å²) in [5.41, 5.74) is 3.05. The minimum absolute atomic E-state index is 0.00984. The fraction of sp³-hybridized carbons (Fsp3) is 0.333. The number of rotatable bonds is 5. The highest BCUT2D eigenvalue weighted by Gasteiger charge is 2.47. The van der Waals surface area contributed by atoms with Crippen LogP contribution in [-0.2, 0) is 0 Å². The summed E-state index contributed by atoms with van der Waals surface area (Å²) >= 11 is 0. The fourth-order valence-corrected chi connectivity index (χ4v) is 4.16. The number of hydrogen-bond donors (Lipinski definition) is 2. The molecule has 180 valence electrons. The van der Waals surface area contributed by atoms with E-state index >= 15 is 0 Å². The Hall–Kier alpha value is -3.69. The normalized spacial score (nSPS) is 17.5. The molecule has 1 aliphatic rings. The van der Waals surface area contributed by atoms with Crippen LogP contribution < -0.4 is 20.1 Å². The fourth-order valence-electron chi connectivity index (χ4n) is 4.16. The summed E-state index contributed by atoms with van der Waals surface area (Å²) in [7, 11) is 2.94. The Morgan fingerprint density at radius 1 is 1.12 bits per heavy atom. The van der Waals surface area contributed by atoms with E-state index in [9.17, 15) is 18.0 Å². The molecule has 4 rings (SSSR count). The second-order valence-corrected chi connectivity index (χ2v) is 8.23. The van der Waals surface area contributed by atoms with Crippen LogP contribution in [0, 0.1) is 13.8 Å². The molecular formula is C24H25F3N4O3. The van der Waals surface area contributed by atoms with Gasteiger partial charge in [-0.2, -0.15) is 18.3 Å². The lowest BCUT2D eigenvalue weighted by atomic mass is 9.96. The molecule has 7 nitrogen and oxygen atoms in total. The average Bonchev–Trinajstić information content (AvgIpc) is 3.23. The Balaban J connectivity index is 1.70. The first-order valence-corrected chi connectivity index (χ1v) is 10.6. The summed E-state index contributed by atoms with van der Waals surface area (Å²) in [6.45, 7) is 3.78. The smallest absolute Gasteiger partial charge is 0.410 e. The summed E-state index contributed by atoms with van der Waals surface area (Å²) in [5, 5.41) is 9.79. The number of carbonyl (C=O) groups is 1. The van der Waals surface area contributed by atoms with Crippen LogP contribution in [0.5, 0.6) is 11.5 Å². The maximum Gasteiger partial charge on any atom is 0.410 e. The molecule has 0 bridgehead atoms. The number of aromatic nitrogens is 2. The van der Waals surface area contributed by atoms with Gasteiger partial charge in [0.1, 0.15) is 11.4 Å². The number of nitrogens with one attached hydrogen (secondary N) is 2. The molecule has 34 heavy (non-hydrogen) atoms. The highest BCUT2D eigenvalue weighted by atomic mass is 19.4. The van der Waals surface area contributed by atoms with Gasteiger partial charge in [0.05, 0.1) is 26.5 Å². The van der Waals surface area contributed by atoms with Crippen molar-refractivity contribution in [2.75, 3.05) is 24.9 Å². The van der Waals surface area contributed by atoms with Crippen molar-refractivity contribution in [3.8, 4) is 11.5 Å². The third-order valence-electron chi connectivity index (χ3n) is 5.92. The summed E-state index contributed by atoms with van der Waals surface area (Å²) in [6, 6.07) is 7.83. The number of halogens is 3. The number of carbonyl (C=O) groups excluding carboxylic acids is 1. The van der Waals surface area contributed by atoms with E-state index in [4.69, 9.17) is 9.47 Å². The van der Waals surface area contributed by atoms with Crippen molar-refractivity contribution in [2.24, 2.45) is 0 Å². The highest BCUT2D eigenvalue weighted by Crippen LogP contribution is 2.45. The number of aryl methyl sites for hydroxylation is 2. The van der Waals surface area contributed by atoms with Crippen molar-refractivity contribution in [3.63, 3.8) is 0 Å². The lowest BCUT2D eigenvalue weighted by molar-refractivity contribution is -0.173. The highest BCUT2D eigenvalue weighted by molar-refractivity contribution is 6.07. The van der Waals surface area contributed by atoms with E-state index in [0.717, 1.165) is 22.0 Å². The molecule has 2 atom stereocenters. The summed E-state index contributed by atoms with van der Waals surface area (Å²) in [4.78, 5) is 13.0. The first-order chi connectivity index (χ1) is 16.1. The van der Waals surface area contributed by atoms with E-state index in [0.29, 0.717) is 22.7 Å². The first-order valence-electron chi connectivity index (χ1n) is 10.6. The van der Waals surface area contributed by atoms with E-state index in [1.807, 2.05) is 26.0 Å². The Labute approximate surface area is 194 Å². The number of amides is 1. The molecule has 0 fully saturated rings. The zero-order valence-electron chi connectivity index (χ0n) is 19.2. The number of nitrogens with zero attached hydrogens (tertiary/aromatic N) is 2. The maximum absolute atomic E-state index is 14.0. The van der Waals surface area contributed by atoms with E-state index in [-0.39, 0.29) is 17.8 Å². The Bertz CT molecular complexity index is 1220. The van der Waals surface area contributed by atoms with E-state index in [1.54, 1.807) is 24.3 Å². The lowest BCUT2D eigenvalue weighted by Crippen LogP contribution is -2.36. The van der Waals surface area contributed by atoms with Gasteiger partial charge in [-0.15, -0.1) is 0 Å².